The van der Waals surface area contributed by atoms with E-state index in [1.165, 1.54) is 11.1 Å². The molecule has 2 aromatic carbocycles. The lowest BCUT2D eigenvalue weighted by molar-refractivity contribution is 0.186. The van der Waals surface area contributed by atoms with Crippen LogP contribution in [0.5, 0.6) is 17.2 Å². The topological polar surface area (TPSA) is 61.9 Å². The van der Waals surface area contributed by atoms with Gasteiger partial charge in [0.15, 0.2) is 11.5 Å². The summed E-state index contributed by atoms with van der Waals surface area (Å²) in [6.07, 6.45) is 1.02. The van der Waals surface area contributed by atoms with Gasteiger partial charge in [-0.15, -0.1) is 5.10 Å². The second-order valence-electron chi connectivity index (χ2n) is 7.49. The molecule has 0 amide bonds. The highest BCUT2D eigenvalue weighted by molar-refractivity contribution is 7.71. The molecule has 32 heavy (non-hydrogen) atoms. The highest BCUT2D eigenvalue weighted by Gasteiger charge is 2.21. The third-order valence-electron chi connectivity index (χ3n) is 5.31. The van der Waals surface area contributed by atoms with E-state index in [4.69, 9.17) is 30.8 Å². The van der Waals surface area contributed by atoms with Gasteiger partial charge in [0.1, 0.15) is 0 Å². The van der Waals surface area contributed by atoms with Crippen LogP contribution >= 0.6 is 12.2 Å². The van der Waals surface area contributed by atoms with E-state index < -0.39 is 0 Å². The van der Waals surface area contributed by atoms with Crippen molar-refractivity contribution in [2.45, 2.75) is 40.4 Å². The average molecular weight is 456 g/mol. The molecule has 1 aromatic heterocycles. The Hall–Kier alpha value is -2.84. The van der Waals surface area contributed by atoms with Crippen molar-refractivity contribution in [2.75, 3.05) is 26.4 Å². The molecular weight excluding hydrogens is 426 g/mol. The Morgan fingerprint density at radius 2 is 1.62 bits per heavy atom. The van der Waals surface area contributed by atoms with Crippen molar-refractivity contribution in [1.29, 1.82) is 0 Å². The minimum absolute atomic E-state index is 0.337. The molecular formula is C24H29N3O4S. The molecule has 1 aliphatic rings. The zero-order chi connectivity index (χ0) is 22.5. The number of aromatic nitrogens is 2. The fourth-order valence-corrected chi connectivity index (χ4v) is 4.07. The molecule has 0 spiro atoms. The summed E-state index contributed by atoms with van der Waals surface area (Å²) >= 11 is 5.47. The Kier molecular flexibility index (Phi) is 7.12. The minimum Gasteiger partial charge on any atom is -0.490 e. The molecule has 0 aliphatic carbocycles. The summed E-state index contributed by atoms with van der Waals surface area (Å²) in [5.41, 5.74) is 3.49. The van der Waals surface area contributed by atoms with Crippen LogP contribution < -0.4 is 14.2 Å². The van der Waals surface area contributed by atoms with Crippen molar-refractivity contribution < 1.29 is 18.6 Å². The van der Waals surface area contributed by atoms with Crippen LogP contribution in [0.25, 0.3) is 11.5 Å². The van der Waals surface area contributed by atoms with Gasteiger partial charge in [0, 0.05) is 18.7 Å². The van der Waals surface area contributed by atoms with E-state index in [1.807, 2.05) is 32.9 Å². The van der Waals surface area contributed by atoms with Gasteiger partial charge in [-0.2, -0.15) is 0 Å². The fourth-order valence-electron chi connectivity index (χ4n) is 3.89. The Morgan fingerprint density at radius 3 is 2.28 bits per heavy atom. The number of hydrogen-bond donors (Lipinski definition) is 0. The van der Waals surface area contributed by atoms with E-state index >= 15 is 0 Å². The van der Waals surface area contributed by atoms with E-state index in [9.17, 15) is 0 Å². The van der Waals surface area contributed by atoms with Crippen molar-refractivity contribution in [3.8, 4) is 28.7 Å². The lowest BCUT2D eigenvalue weighted by Gasteiger charge is -2.28. The summed E-state index contributed by atoms with van der Waals surface area (Å²) < 4.78 is 25.0. The zero-order valence-corrected chi connectivity index (χ0v) is 19.6. The number of nitrogens with zero attached hydrogens (tertiary/aromatic N) is 3. The zero-order valence-electron chi connectivity index (χ0n) is 18.8. The van der Waals surface area contributed by atoms with Gasteiger partial charge in [0.2, 0.25) is 11.6 Å². The van der Waals surface area contributed by atoms with Crippen LogP contribution in [0.2, 0.25) is 0 Å². The summed E-state index contributed by atoms with van der Waals surface area (Å²) in [5.74, 6) is 2.21. The van der Waals surface area contributed by atoms with Gasteiger partial charge in [-0.1, -0.05) is 24.3 Å². The standard InChI is InChI=1S/C24H29N3O4S/c1-4-28-20-13-19(14-21(29-5-2)22(20)30-6-3)23-25-27(24(32)31-23)16-26-12-11-17-9-7-8-10-18(17)15-26/h7-10,13-14H,4-6,11-12,15-16H2,1-3H3. The van der Waals surface area contributed by atoms with Crippen molar-refractivity contribution >= 4 is 12.2 Å². The largest absolute Gasteiger partial charge is 0.490 e. The lowest BCUT2D eigenvalue weighted by Crippen LogP contribution is -2.32. The van der Waals surface area contributed by atoms with Gasteiger partial charge in [0.05, 0.1) is 26.5 Å². The van der Waals surface area contributed by atoms with E-state index in [2.05, 4.69) is 34.3 Å². The average Bonchev–Trinajstić information content (AvgIpc) is 3.16. The SMILES string of the molecule is CCOc1cc(-c2nn(CN3CCc4ccccc4C3)c(=S)o2)cc(OCC)c1OCC. The third kappa shape index (κ3) is 4.81. The highest BCUT2D eigenvalue weighted by Crippen LogP contribution is 2.41. The molecule has 0 N–H and O–H groups in total. The third-order valence-corrected chi connectivity index (χ3v) is 5.60. The summed E-state index contributed by atoms with van der Waals surface area (Å²) in [4.78, 5) is 2.66. The van der Waals surface area contributed by atoms with Crippen molar-refractivity contribution in [2.24, 2.45) is 0 Å². The molecule has 2 heterocycles. The number of ether oxygens (including phenoxy) is 3. The maximum absolute atomic E-state index is 5.87. The quantitative estimate of drug-likeness (QED) is 0.417. The summed E-state index contributed by atoms with van der Waals surface area (Å²) in [6.45, 7) is 9.70. The van der Waals surface area contributed by atoms with Crippen LogP contribution in [0.1, 0.15) is 31.9 Å². The van der Waals surface area contributed by atoms with Crippen LogP contribution in [0, 0.1) is 4.84 Å². The molecule has 0 atom stereocenters. The molecule has 8 heteroatoms. The first-order chi connectivity index (χ1) is 15.6. The summed E-state index contributed by atoms with van der Waals surface area (Å²) in [5, 5.41) is 4.66. The van der Waals surface area contributed by atoms with Gasteiger partial charge in [-0.3, -0.25) is 4.90 Å². The Labute approximate surface area is 193 Å². The molecule has 7 nitrogen and oxygen atoms in total. The molecule has 4 rings (SSSR count). The van der Waals surface area contributed by atoms with Gasteiger partial charge in [0.25, 0.3) is 4.84 Å². The fraction of sp³-hybridized carbons (Fsp3) is 0.417. The maximum atomic E-state index is 5.87. The van der Waals surface area contributed by atoms with E-state index in [-0.39, 0.29) is 0 Å². The van der Waals surface area contributed by atoms with Gasteiger partial charge in [-0.25, -0.2) is 4.68 Å². The molecule has 0 radical (unpaired) electrons. The second-order valence-corrected chi connectivity index (χ2v) is 7.84. The van der Waals surface area contributed by atoms with E-state index in [0.29, 0.717) is 54.5 Å². The molecule has 0 fully saturated rings. The predicted molar refractivity (Wildman–Crippen MR) is 125 cm³/mol. The van der Waals surface area contributed by atoms with Crippen LogP contribution in [-0.4, -0.2) is 41.0 Å². The van der Waals surface area contributed by atoms with Gasteiger partial charge >= 0.3 is 0 Å². The summed E-state index contributed by atoms with van der Waals surface area (Å²) in [7, 11) is 0. The lowest BCUT2D eigenvalue weighted by atomic mass is 10.0. The van der Waals surface area contributed by atoms with E-state index in [0.717, 1.165) is 25.1 Å². The van der Waals surface area contributed by atoms with E-state index in [1.54, 1.807) is 4.68 Å². The monoisotopic (exact) mass is 455 g/mol. The molecule has 3 aromatic rings. The second kappa shape index (κ2) is 10.2. The van der Waals surface area contributed by atoms with Crippen LogP contribution in [0.3, 0.4) is 0 Å². The number of hydrogen-bond acceptors (Lipinski definition) is 7. The number of fused-ring (bicyclic) bond motifs is 1. The van der Waals surface area contributed by atoms with Crippen LogP contribution in [0.4, 0.5) is 0 Å². The van der Waals surface area contributed by atoms with Gasteiger partial charge < -0.3 is 18.6 Å². The molecule has 0 bridgehead atoms. The maximum Gasteiger partial charge on any atom is 0.288 e. The first-order valence-corrected chi connectivity index (χ1v) is 11.5. The highest BCUT2D eigenvalue weighted by atomic mass is 32.1. The van der Waals surface area contributed by atoms with Crippen LogP contribution in [-0.2, 0) is 19.6 Å². The first kappa shape index (κ1) is 22.4. The smallest absolute Gasteiger partial charge is 0.288 e. The molecule has 0 unspecified atom stereocenters. The summed E-state index contributed by atoms with van der Waals surface area (Å²) in [6, 6.07) is 12.3. The van der Waals surface area contributed by atoms with Crippen molar-refractivity contribution in [3.63, 3.8) is 0 Å². The normalized spacial score (nSPS) is 13.6. The van der Waals surface area contributed by atoms with Crippen molar-refractivity contribution in [1.82, 2.24) is 14.7 Å². The molecule has 170 valence electrons. The first-order valence-electron chi connectivity index (χ1n) is 11.1. The Bertz CT molecular complexity index is 1100. The molecule has 0 saturated carbocycles. The predicted octanol–water partition coefficient (Wildman–Crippen LogP) is 5.08. The number of rotatable bonds is 9. The molecule has 0 saturated heterocycles. The number of benzene rings is 2. The molecule has 1 aliphatic heterocycles. The Morgan fingerprint density at radius 1 is 0.969 bits per heavy atom. The minimum atomic E-state index is 0.337. The Balaban J connectivity index is 1.61. The van der Waals surface area contributed by atoms with Crippen molar-refractivity contribution in [3.05, 3.63) is 52.4 Å². The van der Waals surface area contributed by atoms with Gasteiger partial charge in [-0.05, 0) is 62.7 Å². The van der Waals surface area contributed by atoms with Crippen LogP contribution in [0.15, 0.2) is 40.8 Å².